The van der Waals surface area contributed by atoms with Crippen molar-refractivity contribution >= 4 is 17.2 Å². The highest BCUT2D eigenvalue weighted by Crippen LogP contribution is 2.24. The molecule has 7 nitrogen and oxygen atoms in total. The summed E-state index contributed by atoms with van der Waals surface area (Å²) in [6.07, 6.45) is 2.02. The normalized spacial score (nSPS) is 20.3. The summed E-state index contributed by atoms with van der Waals surface area (Å²) in [6.45, 7) is 3.94. The van der Waals surface area contributed by atoms with Crippen molar-refractivity contribution in [3.63, 3.8) is 0 Å². The molecule has 1 fully saturated rings. The van der Waals surface area contributed by atoms with Gasteiger partial charge in [0.25, 0.3) is 0 Å². The highest BCUT2D eigenvalue weighted by Gasteiger charge is 2.23. The van der Waals surface area contributed by atoms with Gasteiger partial charge in [-0.25, -0.2) is 4.39 Å². The van der Waals surface area contributed by atoms with E-state index in [0.29, 0.717) is 24.5 Å². The molecule has 4 rings (SSSR count). The third-order valence-electron chi connectivity index (χ3n) is 4.42. The first kappa shape index (κ1) is 15.9. The van der Waals surface area contributed by atoms with Crippen LogP contribution in [-0.2, 0) is 4.84 Å². The number of oxime groups is 1. The second-order valence-electron chi connectivity index (χ2n) is 6.14. The molecular weight excluding hydrogens is 325 g/mol. The van der Waals surface area contributed by atoms with Gasteiger partial charge in [-0.1, -0.05) is 16.4 Å². The molecule has 2 aliphatic rings. The van der Waals surface area contributed by atoms with E-state index in [1.165, 1.54) is 6.26 Å². The van der Waals surface area contributed by atoms with E-state index in [1.807, 2.05) is 12.1 Å². The molecule has 1 atom stereocenters. The highest BCUT2D eigenvalue weighted by atomic mass is 19.1. The van der Waals surface area contributed by atoms with Gasteiger partial charge >= 0.3 is 0 Å². The molecule has 0 radical (unpaired) electrons. The first-order chi connectivity index (χ1) is 12.3. The van der Waals surface area contributed by atoms with E-state index in [2.05, 4.69) is 25.8 Å². The Kier molecular flexibility index (Phi) is 4.51. The molecule has 0 amide bonds. The average molecular weight is 345 g/mol. The molecule has 0 bridgehead atoms. The van der Waals surface area contributed by atoms with Crippen molar-refractivity contribution in [2.45, 2.75) is 12.5 Å². The number of nitrogens with one attached hydrogen (secondary N) is 2. The SMILES string of the molecule is Fc1cc(C2=NO[C@H](CNc3ccon3)C2)ccc1N1CCNCC1. The van der Waals surface area contributed by atoms with Gasteiger partial charge in [-0.05, 0) is 12.1 Å². The quantitative estimate of drug-likeness (QED) is 0.861. The third-order valence-corrected chi connectivity index (χ3v) is 4.42. The first-order valence-corrected chi connectivity index (χ1v) is 8.42. The first-order valence-electron chi connectivity index (χ1n) is 8.42. The standard InChI is InChI=1S/C17H20FN5O2/c18-14-9-12(1-2-16(14)23-6-4-19-5-7-23)15-10-13(25-21-15)11-20-17-3-8-24-22-17/h1-3,8-9,13,19H,4-7,10-11H2,(H,20,22)/t13-/m0/s1. The summed E-state index contributed by atoms with van der Waals surface area (Å²) in [6, 6.07) is 7.03. The molecule has 1 aromatic heterocycles. The van der Waals surface area contributed by atoms with E-state index in [9.17, 15) is 4.39 Å². The van der Waals surface area contributed by atoms with Gasteiger partial charge in [-0.3, -0.25) is 0 Å². The van der Waals surface area contributed by atoms with Crippen LogP contribution in [0, 0.1) is 5.82 Å². The second-order valence-corrected chi connectivity index (χ2v) is 6.14. The van der Waals surface area contributed by atoms with Crippen molar-refractivity contribution < 1.29 is 13.8 Å². The van der Waals surface area contributed by atoms with Gasteiger partial charge in [0.05, 0.1) is 17.9 Å². The molecule has 2 aliphatic heterocycles. The van der Waals surface area contributed by atoms with Gasteiger partial charge in [-0.15, -0.1) is 0 Å². The summed E-state index contributed by atoms with van der Waals surface area (Å²) in [7, 11) is 0. The average Bonchev–Trinajstić information content (AvgIpc) is 3.32. The second kappa shape index (κ2) is 7.10. The Morgan fingerprint density at radius 2 is 2.16 bits per heavy atom. The summed E-state index contributed by atoms with van der Waals surface area (Å²) >= 11 is 0. The number of benzene rings is 1. The number of hydrogen-bond donors (Lipinski definition) is 2. The summed E-state index contributed by atoms with van der Waals surface area (Å²) in [5, 5.41) is 14.3. The van der Waals surface area contributed by atoms with Crippen LogP contribution >= 0.6 is 0 Å². The lowest BCUT2D eigenvalue weighted by Crippen LogP contribution is -2.43. The number of hydrogen-bond acceptors (Lipinski definition) is 7. The molecule has 0 spiro atoms. The van der Waals surface area contributed by atoms with Crippen molar-refractivity contribution in [3.05, 3.63) is 41.9 Å². The molecule has 132 valence electrons. The number of anilines is 2. The lowest BCUT2D eigenvalue weighted by Gasteiger charge is -2.29. The monoisotopic (exact) mass is 345 g/mol. The lowest BCUT2D eigenvalue weighted by molar-refractivity contribution is 0.0948. The summed E-state index contributed by atoms with van der Waals surface area (Å²) < 4.78 is 19.3. The molecule has 0 aliphatic carbocycles. The van der Waals surface area contributed by atoms with Gasteiger partial charge in [0.2, 0.25) is 0 Å². The third kappa shape index (κ3) is 3.58. The zero-order valence-corrected chi connectivity index (χ0v) is 13.7. The lowest BCUT2D eigenvalue weighted by atomic mass is 10.0. The van der Waals surface area contributed by atoms with Crippen LogP contribution in [0.1, 0.15) is 12.0 Å². The van der Waals surface area contributed by atoms with Crippen molar-refractivity contribution in [2.24, 2.45) is 5.16 Å². The van der Waals surface area contributed by atoms with Crippen LogP contribution in [0.3, 0.4) is 0 Å². The molecule has 25 heavy (non-hydrogen) atoms. The topological polar surface area (TPSA) is 74.9 Å². The van der Waals surface area contributed by atoms with Crippen LogP contribution in [0.2, 0.25) is 0 Å². The number of aromatic nitrogens is 1. The Labute approximate surface area is 144 Å². The minimum atomic E-state index is -0.216. The number of halogens is 1. The number of rotatable bonds is 5. The molecule has 0 unspecified atom stereocenters. The maximum Gasteiger partial charge on any atom is 0.169 e. The smallest absolute Gasteiger partial charge is 0.169 e. The Balaban J connectivity index is 1.38. The van der Waals surface area contributed by atoms with Crippen LogP contribution in [-0.4, -0.2) is 49.7 Å². The fourth-order valence-corrected chi connectivity index (χ4v) is 3.08. The minimum Gasteiger partial charge on any atom is -0.390 e. The Hall–Kier alpha value is -2.61. The van der Waals surface area contributed by atoms with Crippen LogP contribution in [0.25, 0.3) is 0 Å². The maximum atomic E-state index is 14.5. The van der Waals surface area contributed by atoms with Gasteiger partial charge in [0.15, 0.2) is 5.82 Å². The predicted molar refractivity (Wildman–Crippen MR) is 92.5 cm³/mol. The van der Waals surface area contributed by atoms with Gasteiger partial charge in [0, 0.05) is 44.2 Å². The minimum absolute atomic E-state index is 0.109. The van der Waals surface area contributed by atoms with Gasteiger partial charge < -0.3 is 24.9 Å². The highest BCUT2D eigenvalue weighted by molar-refractivity contribution is 6.01. The van der Waals surface area contributed by atoms with Gasteiger partial charge in [-0.2, -0.15) is 0 Å². The fourth-order valence-electron chi connectivity index (χ4n) is 3.08. The summed E-state index contributed by atoms with van der Waals surface area (Å²) in [5.41, 5.74) is 2.17. The Morgan fingerprint density at radius 1 is 1.28 bits per heavy atom. The molecule has 3 heterocycles. The summed E-state index contributed by atoms with van der Waals surface area (Å²) in [5.74, 6) is 0.440. The van der Waals surface area contributed by atoms with Crippen LogP contribution in [0.4, 0.5) is 15.9 Å². The van der Waals surface area contributed by atoms with Crippen molar-refractivity contribution in [1.82, 2.24) is 10.5 Å². The predicted octanol–water partition coefficient (Wildman–Crippen LogP) is 1.83. The van der Waals surface area contributed by atoms with Crippen LogP contribution in [0.5, 0.6) is 0 Å². The van der Waals surface area contributed by atoms with Crippen molar-refractivity contribution in [2.75, 3.05) is 42.9 Å². The molecule has 8 heteroatoms. The zero-order valence-electron chi connectivity index (χ0n) is 13.7. The Morgan fingerprint density at radius 3 is 2.92 bits per heavy atom. The molecule has 2 aromatic rings. The van der Waals surface area contributed by atoms with Crippen molar-refractivity contribution in [3.8, 4) is 0 Å². The van der Waals surface area contributed by atoms with E-state index >= 15 is 0 Å². The van der Waals surface area contributed by atoms with Crippen LogP contribution < -0.4 is 15.5 Å². The van der Waals surface area contributed by atoms with E-state index in [1.54, 1.807) is 12.1 Å². The summed E-state index contributed by atoms with van der Waals surface area (Å²) in [4.78, 5) is 7.49. The number of nitrogens with zero attached hydrogens (tertiary/aromatic N) is 3. The molecule has 1 aromatic carbocycles. The maximum absolute atomic E-state index is 14.5. The molecule has 2 N–H and O–H groups in total. The van der Waals surface area contributed by atoms with Crippen molar-refractivity contribution in [1.29, 1.82) is 0 Å². The van der Waals surface area contributed by atoms with Crippen LogP contribution in [0.15, 0.2) is 40.2 Å². The number of piperazine rings is 1. The largest absolute Gasteiger partial charge is 0.390 e. The van der Waals surface area contributed by atoms with E-state index in [0.717, 1.165) is 37.5 Å². The Bertz CT molecular complexity index is 744. The van der Waals surface area contributed by atoms with E-state index in [4.69, 9.17) is 9.36 Å². The van der Waals surface area contributed by atoms with Gasteiger partial charge in [0.1, 0.15) is 18.2 Å². The van der Waals surface area contributed by atoms with E-state index < -0.39 is 0 Å². The van der Waals surface area contributed by atoms with E-state index in [-0.39, 0.29) is 11.9 Å². The molecule has 1 saturated heterocycles. The fraction of sp³-hybridized carbons (Fsp3) is 0.412. The molecular formula is C17H20FN5O2. The molecule has 0 saturated carbocycles. The zero-order chi connectivity index (χ0) is 17.1.